The zero-order chi connectivity index (χ0) is 17.7. The Morgan fingerprint density at radius 2 is 1.71 bits per heavy atom. The topological polar surface area (TPSA) is 47.0 Å². The van der Waals surface area contributed by atoms with Gasteiger partial charge in [0.2, 0.25) is 0 Å². The van der Waals surface area contributed by atoms with Crippen LogP contribution in [0.3, 0.4) is 0 Å². The average molecular weight is 321 g/mol. The SMILES string of the molecule is C=CC1=C(C)C(=O)C(c2ccc3ccccc3n2)C1=O.CCCC. The zero-order valence-electron chi connectivity index (χ0n) is 14.5. The van der Waals surface area contributed by atoms with Crippen LogP contribution in [0.2, 0.25) is 0 Å². The van der Waals surface area contributed by atoms with Gasteiger partial charge in [-0.15, -0.1) is 0 Å². The summed E-state index contributed by atoms with van der Waals surface area (Å²) < 4.78 is 0. The van der Waals surface area contributed by atoms with Crippen molar-refractivity contribution in [2.75, 3.05) is 0 Å². The molecule has 2 aromatic rings. The molecule has 0 saturated carbocycles. The summed E-state index contributed by atoms with van der Waals surface area (Å²) in [5, 5.41) is 0.989. The number of carbonyl (C=O) groups excluding carboxylic acids is 2. The molecular formula is C21H23NO2. The number of allylic oxidation sites excluding steroid dienone is 3. The molecule has 1 aliphatic carbocycles. The van der Waals surface area contributed by atoms with Crippen LogP contribution in [-0.4, -0.2) is 16.6 Å². The van der Waals surface area contributed by atoms with E-state index in [-0.39, 0.29) is 11.6 Å². The third kappa shape index (κ3) is 3.35. The molecule has 0 saturated heterocycles. The van der Waals surface area contributed by atoms with Gasteiger partial charge in [0, 0.05) is 16.5 Å². The highest BCUT2D eigenvalue weighted by molar-refractivity contribution is 6.28. The largest absolute Gasteiger partial charge is 0.293 e. The van der Waals surface area contributed by atoms with E-state index < -0.39 is 5.92 Å². The molecule has 0 radical (unpaired) electrons. The first-order chi connectivity index (χ1) is 11.5. The highest BCUT2D eigenvalue weighted by Crippen LogP contribution is 2.32. The molecule has 0 spiro atoms. The van der Waals surface area contributed by atoms with Crippen LogP contribution in [0.25, 0.3) is 10.9 Å². The van der Waals surface area contributed by atoms with Gasteiger partial charge in [0.25, 0.3) is 0 Å². The number of rotatable bonds is 3. The van der Waals surface area contributed by atoms with Crippen molar-refractivity contribution in [3.63, 3.8) is 0 Å². The van der Waals surface area contributed by atoms with Crippen molar-refractivity contribution in [2.45, 2.75) is 39.5 Å². The fourth-order valence-electron chi connectivity index (χ4n) is 2.57. The molecule has 1 atom stereocenters. The van der Waals surface area contributed by atoms with Crippen molar-refractivity contribution in [3.05, 3.63) is 65.9 Å². The third-order valence-electron chi connectivity index (χ3n) is 4.18. The number of Topliss-reactive ketones (excluding diaryl/α,β-unsaturated/α-hetero) is 2. The number of benzene rings is 1. The minimum absolute atomic E-state index is 0.173. The van der Waals surface area contributed by atoms with Crippen LogP contribution >= 0.6 is 0 Å². The Kier molecular flexibility index (Phi) is 5.80. The van der Waals surface area contributed by atoms with E-state index in [4.69, 9.17) is 0 Å². The molecule has 124 valence electrons. The highest BCUT2D eigenvalue weighted by atomic mass is 16.2. The molecule has 3 heteroatoms. The monoisotopic (exact) mass is 321 g/mol. The van der Waals surface area contributed by atoms with Crippen LogP contribution in [-0.2, 0) is 9.59 Å². The number of fused-ring (bicyclic) bond motifs is 1. The van der Waals surface area contributed by atoms with E-state index in [1.807, 2.05) is 30.3 Å². The van der Waals surface area contributed by atoms with E-state index in [1.165, 1.54) is 18.9 Å². The molecule has 0 aliphatic heterocycles. The fourth-order valence-corrected chi connectivity index (χ4v) is 2.57. The number of aromatic nitrogens is 1. The van der Waals surface area contributed by atoms with Gasteiger partial charge in [0.15, 0.2) is 11.6 Å². The van der Waals surface area contributed by atoms with E-state index >= 15 is 0 Å². The van der Waals surface area contributed by atoms with Crippen LogP contribution in [0.1, 0.15) is 45.2 Å². The normalized spacial score (nSPS) is 17.0. The van der Waals surface area contributed by atoms with Gasteiger partial charge in [0.05, 0.1) is 11.2 Å². The number of hydrogen-bond acceptors (Lipinski definition) is 3. The lowest BCUT2D eigenvalue weighted by atomic mass is 9.97. The van der Waals surface area contributed by atoms with Gasteiger partial charge in [-0.2, -0.15) is 0 Å². The molecule has 0 N–H and O–H groups in total. The van der Waals surface area contributed by atoms with Crippen molar-refractivity contribution in [1.29, 1.82) is 0 Å². The standard InChI is InChI=1S/C17H13NO2.C4H10/c1-3-12-10(2)16(19)15(17(12)20)14-9-8-11-6-4-5-7-13(11)18-14;1-3-4-2/h3-9,15H,1H2,2H3;3-4H2,1-2H3. The Hall–Kier alpha value is -2.55. The molecular weight excluding hydrogens is 298 g/mol. The summed E-state index contributed by atoms with van der Waals surface area (Å²) in [5.74, 6) is -1.19. The van der Waals surface area contributed by atoms with Gasteiger partial charge in [0.1, 0.15) is 5.92 Å². The zero-order valence-corrected chi connectivity index (χ0v) is 14.5. The first kappa shape index (κ1) is 17.8. The number of para-hydroxylation sites is 1. The number of unbranched alkanes of at least 4 members (excludes halogenated alkanes) is 1. The molecule has 0 fully saturated rings. The number of pyridine rings is 1. The second-order valence-electron chi connectivity index (χ2n) is 5.83. The van der Waals surface area contributed by atoms with Crippen molar-refractivity contribution < 1.29 is 9.59 Å². The van der Waals surface area contributed by atoms with Crippen LogP contribution in [0.5, 0.6) is 0 Å². The molecule has 1 heterocycles. The second kappa shape index (κ2) is 7.82. The van der Waals surface area contributed by atoms with E-state index in [1.54, 1.807) is 13.0 Å². The molecule has 1 unspecified atom stereocenters. The van der Waals surface area contributed by atoms with E-state index in [9.17, 15) is 9.59 Å². The van der Waals surface area contributed by atoms with Crippen molar-refractivity contribution in [1.82, 2.24) is 4.98 Å². The van der Waals surface area contributed by atoms with Gasteiger partial charge >= 0.3 is 0 Å². The predicted molar refractivity (Wildman–Crippen MR) is 98.0 cm³/mol. The van der Waals surface area contributed by atoms with Gasteiger partial charge in [-0.3, -0.25) is 14.6 Å². The summed E-state index contributed by atoms with van der Waals surface area (Å²) in [6.07, 6.45) is 4.09. The first-order valence-electron chi connectivity index (χ1n) is 8.32. The lowest BCUT2D eigenvalue weighted by molar-refractivity contribution is -0.123. The average Bonchev–Trinajstić information content (AvgIpc) is 2.83. The Labute approximate surface area is 143 Å². The minimum atomic E-state index is -0.812. The molecule has 0 bridgehead atoms. The van der Waals surface area contributed by atoms with Gasteiger partial charge in [-0.25, -0.2) is 0 Å². The summed E-state index contributed by atoms with van der Waals surface area (Å²) in [5.41, 5.74) is 2.19. The number of ketones is 2. The van der Waals surface area contributed by atoms with Crippen molar-refractivity contribution in [2.24, 2.45) is 0 Å². The summed E-state index contributed by atoms with van der Waals surface area (Å²) in [6.45, 7) is 9.63. The fraction of sp³-hybridized carbons (Fsp3) is 0.286. The van der Waals surface area contributed by atoms with Crippen molar-refractivity contribution >= 4 is 22.5 Å². The second-order valence-corrected chi connectivity index (χ2v) is 5.83. The summed E-state index contributed by atoms with van der Waals surface area (Å²) in [4.78, 5) is 29.0. The quantitative estimate of drug-likeness (QED) is 0.764. The van der Waals surface area contributed by atoms with Gasteiger partial charge in [-0.05, 0) is 19.1 Å². The Morgan fingerprint density at radius 1 is 1.04 bits per heavy atom. The van der Waals surface area contributed by atoms with E-state index in [0.29, 0.717) is 16.8 Å². The number of nitrogens with zero attached hydrogens (tertiary/aromatic N) is 1. The van der Waals surface area contributed by atoms with Gasteiger partial charge < -0.3 is 0 Å². The Bertz CT molecular complexity index is 815. The summed E-state index contributed by atoms with van der Waals surface area (Å²) in [6, 6.07) is 11.3. The summed E-state index contributed by atoms with van der Waals surface area (Å²) in [7, 11) is 0. The molecule has 3 rings (SSSR count). The van der Waals surface area contributed by atoms with Crippen LogP contribution in [0, 0.1) is 0 Å². The first-order valence-corrected chi connectivity index (χ1v) is 8.32. The molecule has 0 amide bonds. The molecule has 3 nitrogen and oxygen atoms in total. The number of hydrogen-bond donors (Lipinski definition) is 0. The van der Waals surface area contributed by atoms with Crippen LogP contribution < -0.4 is 0 Å². The number of carbonyl (C=O) groups is 2. The Morgan fingerprint density at radius 3 is 2.29 bits per heavy atom. The smallest absolute Gasteiger partial charge is 0.180 e. The van der Waals surface area contributed by atoms with Crippen LogP contribution in [0.4, 0.5) is 0 Å². The lowest BCUT2D eigenvalue weighted by Crippen LogP contribution is -2.16. The Balaban J connectivity index is 0.000000471. The lowest BCUT2D eigenvalue weighted by Gasteiger charge is -2.08. The molecule has 1 aromatic heterocycles. The predicted octanol–water partition coefficient (Wildman–Crippen LogP) is 4.78. The summed E-state index contributed by atoms with van der Waals surface area (Å²) >= 11 is 0. The van der Waals surface area contributed by atoms with E-state index in [2.05, 4.69) is 25.4 Å². The molecule has 24 heavy (non-hydrogen) atoms. The molecule has 1 aromatic carbocycles. The van der Waals surface area contributed by atoms with Crippen molar-refractivity contribution in [3.8, 4) is 0 Å². The third-order valence-corrected chi connectivity index (χ3v) is 4.18. The maximum Gasteiger partial charge on any atom is 0.180 e. The maximum atomic E-state index is 12.3. The van der Waals surface area contributed by atoms with Crippen LogP contribution in [0.15, 0.2) is 60.2 Å². The maximum absolute atomic E-state index is 12.3. The highest BCUT2D eigenvalue weighted by Gasteiger charge is 2.39. The minimum Gasteiger partial charge on any atom is -0.293 e. The molecule has 1 aliphatic rings. The van der Waals surface area contributed by atoms with E-state index in [0.717, 1.165) is 10.9 Å². The van der Waals surface area contributed by atoms with Gasteiger partial charge in [-0.1, -0.05) is 63.6 Å².